The molecule has 0 aliphatic heterocycles. The van der Waals surface area contributed by atoms with Crippen LogP contribution in [0.3, 0.4) is 0 Å². The average Bonchev–Trinajstić information content (AvgIpc) is 3.28. The van der Waals surface area contributed by atoms with Crippen LogP contribution in [0.5, 0.6) is 5.75 Å². The minimum absolute atomic E-state index is 0.159. The van der Waals surface area contributed by atoms with Gasteiger partial charge in [-0.05, 0) is 23.8 Å². The van der Waals surface area contributed by atoms with Crippen molar-refractivity contribution >= 4 is 20.9 Å². The molecule has 4 aromatic carbocycles. The van der Waals surface area contributed by atoms with Crippen LogP contribution >= 0.6 is 0 Å². The summed E-state index contributed by atoms with van der Waals surface area (Å²) >= 11 is 0. The van der Waals surface area contributed by atoms with Crippen molar-refractivity contribution in [3.8, 4) is 39.7 Å². The Morgan fingerprint density at radius 3 is 2.03 bits per heavy atom. The van der Waals surface area contributed by atoms with Gasteiger partial charge in [0.05, 0.1) is 17.0 Å². The van der Waals surface area contributed by atoms with Gasteiger partial charge < -0.3 is 8.75 Å². The van der Waals surface area contributed by atoms with Gasteiger partial charge in [-0.1, -0.05) is 91.0 Å². The largest absolute Gasteiger partial charge is 0.534 e. The van der Waals surface area contributed by atoms with Crippen LogP contribution in [0.25, 0.3) is 44.7 Å². The zero-order valence-electron chi connectivity index (χ0n) is 19.6. The molecule has 0 unspecified atom stereocenters. The quantitative estimate of drug-likeness (QED) is 0.174. The fourth-order valence-corrected chi connectivity index (χ4v) is 4.82. The van der Waals surface area contributed by atoms with E-state index in [1.54, 1.807) is 24.3 Å². The number of fused-ring (bicyclic) bond motifs is 1. The average molecular weight is 523 g/mol. The molecule has 1 aromatic heterocycles. The summed E-state index contributed by atoms with van der Waals surface area (Å²) in [6.07, 6.45) is 0. The van der Waals surface area contributed by atoms with Gasteiger partial charge in [-0.3, -0.25) is 0 Å². The minimum Gasteiger partial charge on any atom is -0.375 e. The Morgan fingerprint density at radius 1 is 0.811 bits per heavy atom. The van der Waals surface area contributed by atoms with E-state index in [2.05, 4.69) is 0 Å². The number of hydrogen-bond acceptors (Lipinski definition) is 4. The molecule has 0 saturated heterocycles. The maximum Gasteiger partial charge on any atom is 0.534 e. The Kier molecular flexibility index (Phi) is 6.25. The Labute approximate surface area is 211 Å². The van der Waals surface area contributed by atoms with Crippen molar-refractivity contribution < 1.29 is 25.8 Å². The highest BCUT2D eigenvalue weighted by Gasteiger charge is 2.49. The van der Waals surface area contributed by atoms with Gasteiger partial charge in [-0.25, -0.2) is 4.98 Å². The van der Waals surface area contributed by atoms with Gasteiger partial charge in [0.2, 0.25) is 0 Å². The van der Waals surface area contributed by atoms with Crippen molar-refractivity contribution in [3.05, 3.63) is 97.1 Å². The number of benzene rings is 4. The summed E-state index contributed by atoms with van der Waals surface area (Å²) in [6, 6.07) is 28.7. The third-order valence-corrected chi connectivity index (χ3v) is 6.94. The molecular formula is C28H21F3N2O3S. The van der Waals surface area contributed by atoms with Gasteiger partial charge in [0, 0.05) is 17.7 Å². The summed E-state index contributed by atoms with van der Waals surface area (Å²) in [5.74, 6) is -0.153. The van der Waals surface area contributed by atoms with Gasteiger partial charge in [-0.2, -0.15) is 21.6 Å². The molecular weight excluding hydrogens is 501 g/mol. The SMILES string of the molecule is CCn1c(-c2c(OS(=O)(=O)C(F)(F)F)ccc3ccccc23)nc(-c2ccccc2)c1-c1ccccc1. The fourth-order valence-electron chi connectivity index (χ4n) is 4.35. The zero-order chi connectivity index (χ0) is 26.2. The van der Waals surface area contributed by atoms with Crippen molar-refractivity contribution in [2.75, 3.05) is 0 Å². The van der Waals surface area contributed by atoms with E-state index < -0.39 is 21.4 Å². The van der Waals surface area contributed by atoms with Crippen LogP contribution in [0.15, 0.2) is 97.1 Å². The second-order valence-electron chi connectivity index (χ2n) is 8.25. The van der Waals surface area contributed by atoms with Crippen molar-refractivity contribution in [3.63, 3.8) is 0 Å². The van der Waals surface area contributed by atoms with Crippen molar-refractivity contribution in [1.82, 2.24) is 9.55 Å². The van der Waals surface area contributed by atoms with Gasteiger partial charge in [-0.15, -0.1) is 0 Å². The second kappa shape index (κ2) is 9.40. The van der Waals surface area contributed by atoms with Crippen LogP contribution in [0.4, 0.5) is 13.2 Å². The topological polar surface area (TPSA) is 61.2 Å². The first-order valence-electron chi connectivity index (χ1n) is 11.5. The van der Waals surface area contributed by atoms with E-state index in [1.165, 1.54) is 12.1 Å². The Balaban J connectivity index is 1.87. The van der Waals surface area contributed by atoms with Gasteiger partial charge in [0.25, 0.3) is 0 Å². The number of nitrogens with zero attached hydrogens (tertiary/aromatic N) is 2. The predicted octanol–water partition coefficient (Wildman–Crippen LogP) is 7.29. The van der Waals surface area contributed by atoms with E-state index in [0.717, 1.165) is 16.8 Å². The molecule has 0 saturated carbocycles. The minimum atomic E-state index is -5.91. The lowest BCUT2D eigenvalue weighted by molar-refractivity contribution is -0.0499. The van der Waals surface area contributed by atoms with Crippen molar-refractivity contribution in [2.45, 2.75) is 19.0 Å². The third-order valence-electron chi connectivity index (χ3n) is 5.98. The lowest BCUT2D eigenvalue weighted by Crippen LogP contribution is -2.28. The van der Waals surface area contributed by atoms with Crippen LogP contribution in [-0.4, -0.2) is 23.5 Å². The molecule has 5 rings (SSSR count). The molecule has 37 heavy (non-hydrogen) atoms. The van der Waals surface area contributed by atoms with E-state index in [1.807, 2.05) is 72.2 Å². The first-order valence-corrected chi connectivity index (χ1v) is 12.9. The summed E-state index contributed by atoms with van der Waals surface area (Å²) in [5, 5.41) is 1.21. The predicted molar refractivity (Wildman–Crippen MR) is 137 cm³/mol. The number of halogens is 3. The lowest BCUT2D eigenvalue weighted by atomic mass is 10.0. The standard InChI is InChI=1S/C28H21F3N2O3S/c1-2-33-26(21-14-7-4-8-15-21)25(20-12-5-3-6-13-20)32-27(33)24-22-16-10-9-11-19(22)17-18-23(24)36-37(34,35)28(29,30)31/h3-18H,2H2,1H3. The van der Waals surface area contributed by atoms with E-state index >= 15 is 0 Å². The summed E-state index contributed by atoms with van der Waals surface area (Å²) in [5.41, 5.74) is -2.40. The van der Waals surface area contributed by atoms with E-state index in [9.17, 15) is 21.6 Å². The van der Waals surface area contributed by atoms with Crippen LogP contribution in [0, 0.1) is 0 Å². The number of rotatable bonds is 6. The van der Waals surface area contributed by atoms with E-state index in [-0.39, 0.29) is 5.56 Å². The van der Waals surface area contributed by atoms with Crippen molar-refractivity contribution in [1.29, 1.82) is 0 Å². The zero-order valence-corrected chi connectivity index (χ0v) is 20.4. The van der Waals surface area contributed by atoms with E-state index in [4.69, 9.17) is 9.17 Å². The molecule has 0 aliphatic rings. The summed E-state index contributed by atoms with van der Waals surface area (Å²) < 4.78 is 70.5. The number of imidazole rings is 1. The first-order chi connectivity index (χ1) is 17.7. The van der Waals surface area contributed by atoms with Gasteiger partial charge in [0.1, 0.15) is 5.82 Å². The molecule has 188 valence electrons. The molecule has 9 heteroatoms. The van der Waals surface area contributed by atoms with E-state index in [0.29, 0.717) is 28.8 Å². The molecule has 1 heterocycles. The monoisotopic (exact) mass is 522 g/mol. The van der Waals surface area contributed by atoms with Crippen LogP contribution in [0.1, 0.15) is 6.92 Å². The van der Waals surface area contributed by atoms with Crippen molar-refractivity contribution in [2.24, 2.45) is 0 Å². The lowest BCUT2D eigenvalue weighted by Gasteiger charge is -2.16. The normalized spacial score (nSPS) is 12.1. The smallest absolute Gasteiger partial charge is 0.375 e. The Morgan fingerprint density at radius 2 is 1.41 bits per heavy atom. The highest BCUT2D eigenvalue weighted by Crippen LogP contribution is 2.43. The number of hydrogen-bond donors (Lipinski definition) is 0. The summed E-state index contributed by atoms with van der Waals surface area (Å²) in [6.45, 7) is 2.30. The van der Waals surface area contributed by atoms with Gasteiger partial charge in [0.15, 0.2) is 5.75 Å². The number of alkyl halides is 3. The molecule has 0 radical (unpaired) electrons. The maximum atomic E-state index is 13.3. The highest BCUT2D eigenvalue weighted by atomic mass is 32.2. The highest BCUT2D eigenvalue weighted by molar-refractivity contribution is 7.88. The molecule has 0 aliphatic carbocycles. The van der Waals surface area contributed by atoms with Crippen LogP contribution < -0.4 is 4.18 Å². The molecule has 0 fully saturated rings. The van der Waals surface area contributed by atoms with Crippen LogP contribution in [-0.2, 0) is 16.7 Å². The van der Waals surface area contributed by atoms with Crippen LogP contribution in [0.2, 0.25) is 0 Å². The van der Waals surface area contributed by atoms with Gasteiger partial charge >= 0.3 is 15.6 Å². The first kappa shape index (κ1) is 24.6. The molecule has 0 amide bonds. The molecule has 5 aromatic rings. The molecule has 0 spiro atoms. The molecule has 0 atom stereocenters. The third kappa shape index (κ3) is 4.46. The number of aromatic nitrogens is 2. The Bertz CT molecular complexity index is 1680. The maximum absolute atomic E-state index is 13.3. The molecule has 0 N–H and O–H groups in total. The Hall–Kier alpha value is -4.11. The second-order valence-corrected chi connectivity index (χ2v) is 9.79. The molecule has 0 bridgehead atoms. The summed E-state index contributed by atoms with van der Waals surface area (Å²) in [7, 11) is -5.91. The fraction of sp³-hybridized carbons (Fsp3) is 0.107. The molecule has 5 nitrogen and oxygen atoms in total. The summed E-state index contributed by atoms with van der Waals surface area (Å²) in [4.78, 5) is 4.91.